The highest BCUT2D eigenvalue weighted by molar-refractivity contribution is 7.91. The largest absolute Gasteiger partial charge is 0.391 e. The quantitative estimate of drug-likeness (QED) is 0.756. The number of halogens is 3. The van der Waals surface area contributed by atoms with Crippen molar-refractivity contribution in [1.82, 2.24) is 0 Å². The Morgan fingerprint density at radius 2 is 1.95 bits per heavy atom. The first kappa shape index (κ1) is 16.5. The monoisotopic (exact) mass is 307 g/mol. The second kappa shape index (κ2) is 6.72. The Kier molecular flexibility index (Phi) is 5.53. The summed E-state index contributed by atoms with van der Waals surface area (Å²) in [5.74, 6) is -0.431. The van der Waals surface area contributed by atoms with Crippen molar-refractivity contribution in [1.29, 1.82) is 5.26 Å². The molecule has 0 unspecified atom stereocenters. The second-order valence-corrected chi connectivity index (χ2v) is 6.05. The molecule has 0 N–H and O–H groups in total. The van der Waals surface area contributed by atoms with Crippen molar-refractivity contribution in [2.75, 3.05) is 19.0 Å². The molecule has 0 saturated carbocycles. The molecule has 0 bridgehead atoms. The highest BCUT2D eigenvalue weighted by Gasteiger charge is 2.26. The minimum Gasteiger partial charge on any atom is -0.380 e. The molecule has 0 spiro atoms. The summed E-state index contributed by atoms with van der Waals surface area (Å²) in [6, 6.07) is 7.23. The molecule has 1 aromatic rings. The molecule has 0 aliphatic rings. The smallest absolute Gasteiger partial charge is 0.380 e. The highest BCUT2D eigenvalue weighted by Crippen LogP contribution is 2.19. The Balaban J connectivity index is 2.52. The van der Waals surface area contributed by atoms with E-state index in [0.717, 1.165) is 0 Å². The third kappa shape index (κ3) is 5.59. The van der Waals surface area contributed by atoms with Gasteiger partial charge in [-0.15, -0.1) is 0 Å². The lowest BCUT2D eigenvalue weighted by Gasteiger charge is -2.08. The van der Waals surface area contributed by atoms with Crippen LogP contribution in [-0.4, -0.2) is 33.6 Å². The van der Waals surface area contributed by atoms with E-state index >= 15 is 0 Å². The number of ether oxygens (including phenoxy) is 1. The fourth-order valence-electron chi connectivity index (χ4n) is 1.34. The summed E-state index contributed by atoms with van der Waals surface area (Å²) in [6.07, 6.45) is -5.43. The minimum absolute atomic E-state index is 0.0454. The summed E-state index contributed by atoms with van der Waals surface area (Å²) >= 11 is 0. The maximum Gasteiger partial charge on any atom is 0.391 e. The third-order valence-corrected chi connectivity index (χ3v) is 4.02. The zero-order valence-corrected chi connectivity index (χ0v) is 11.2. The number of benzene rings is 1. The van der Waals surface area contributed by atoms with E-state index in [1.165, 1.54) is 24.3 Å². The normalized spacial score (nSPS) is 12.1. The fraction of sp³-hybridized carbons (Fsp3) is 0.417. The summed E-state index contributed by atoms with van der Waals surface area (Å²) in [7, 11) is -3.67. The van der Waals surface area contributed by atoms with E-state index in [9.17, 15) is 21.6 Å². The topological polar surface area (TPSA) is 67.2 Å². The first-order valence-corrected chi connectivity index (χ1v) is 7.27. The Morgan fingerprint density at radius 1 is 1.25 bits per heavy atom. The van der Waals surface area contributed by atoms with E-state index in [0.29, 0.717) is 0 Å². The van der Waals surface area contributed by atoms with Crippen molar-refractivity contribution in [3.05, 3.63) is 29.8 Å². The first-order valence-electron chi connectivity index (χ1n) is 5.62. The van der Waals surface area contributed by atoms with Crippen molar-refractivity contribution in [2.45, 2.75) is 17.5 Å². The molecule has 20 heavy (non-hydrogen) atoms. The van der Waals surface area contributed by atoms with Gasteiger partial charge in [0.2, 0.25) is 0 Å². The molecule has 0 heterocycles. The number of rotatable bonds is 6. The molecular formula is C12H12F3NO3S. The van der Waals surface area contributed by atoms with Gasteiger partial charge in [-0.05, 0) is 18.2 Å². The number of nitriles is 1. The van der Waals surface area contributed by atoms with Crippen LogP contribution in [0.3, 0.4) is 0 Å². The van der Waals surface area contributed by atoms with Crippen molar-refractivity contribution in [3.8, 4) is 6.07 Å². The van der Waals surface area contributed by atoms with Gasteiger partial charge in [0.05, 0.1) is 41.9 Å². The van der Waals surface area contributed by atoms with Gasteiger partial charge in [-0.1, -0.05) is 6.07 Å². The Morgan fingerprint density at radius 3 is 2.55 bits per heavy atom. The average molecular weight is 307 g/mol. The molecule has 4 nitrogen and oxygen atoms in total. The molecule has 0 aliphatic heterocycles. The molecule has 110 valence electrons. The van der Waals surface area contributed by atoms with Gasteiger partial charge in [-0.25, -0.2) is 8.42 Å². The van der Waals surface area contributed by atoms with Crippen molar-refractivity contribution in [2.24, 2.45) is 0 Å². The molecule has 1 aromatic carbocycles. The highest BCUT2D eigenvalue weighted by atomic mass is 32.2. The van der Waals surface area contributed by atoms with E-state index < -0.39 is 34.8 Å². The van der Waals surface area contributed by atoms with Crippen LogP contribution in [0, 0.1) is 11.3 Å². The molecule has 0 aliphatic carbocycles. The zero-order chi connectivity index (χ0) is 15.2. The van der Waals surface area contributed by atoms with Crippen LogP contribution in [0.5, 0.6) is 0 Å². The van der Waals surface area contributed by atoms with Gasteiger partial charge in [0.25, 0.3) is 0 Å². The standard InChI is InChI=1S/C12H12F3NO3S/c13-12(14,15)4-5-19-6-7-20(17,18)11-3-1-2-10(8-11)9-16/h1-3,8H,4-7H2. The molecule has 0 atom stereocenters. The predicted molar refractivity (Wildman–Crippen MR) is 64.7 cm³/mol. The van der Waals surface area contributed by atoms with Crippen LogP contribution in [0.25, 0.3) is 0 Å². The molecule has 0 radical (unpaired) electrons. The lowest BCUT2D eigenvalue weighted by molar-refractivity contribution is -0.144. The summed E-state index contributed by atoms with van der Waals surface area (Å²) < 4.78 is 63.9. The predicted octanol–water partition coefficient (Wildman–Crippen LogP) is 2.30. The van der Waals surface area contributed by atoms with Crippen LogP contribution in [-0.2, 0) is 14.6 Å². The van der Waals surface area contributed by atoms with Crippen molar-refractivity contribution < 1.29 is 26.3 Å². The number of sulfone groups is 1. The fourth-order valence-corrected chi connectivity index (χ4v) is 2.50. The number of alkyl halides is 3. The maximum atomic E-state index is 11.8. The van der Waals surface area contributed by atoms with E-state index in [-0.39, 0.29) is 17.1 Å². The SMILES string of the molecule is N#Cc1cccc(S(=O)(=O)CCOCCC(F)(F)F)c1. The van der Waals surface area contributed by atoms with Crippen LogP contribution in [0.1, 0.15) is 12.0 Å². The van der Waals surface area contributed by atoms with E-state index in [2.05, 4.69) is 4.74 Å². The first-order chi connectivity index (χ1) is 9.24. The van der Waals surface area contributed by atoms with Crippen molar-refractivity contribution >= 4 is 9.84 Å². The van der Waals surface area contributed by atoms with Crippen LogP contribution in [0.15, 0.2) is 29.2 Å². The molecular weight excluding hydrogens is 295 g/mol. The third-order valence-electron chi connectivity index (χ3n) is 2.35. The van der Waals surface area contributed by atoms with Crippen LogP contribution < -0.4 is 0 Å². The van der Waals surface area contributed by atoms with Gasteiger partial charge in [0.1, 0.15) is 0 Å². The van der Waals surface area contributed by atoms with E-state index in [1.54, 1.807) is 0 Å². The van der Waals surface area contributed by atoms with Crippen molar-refractivity contribution in [3.63, 3.8) is 0 Å². The molecule has 0 amide bonds. The van der Waals surface area contributed by atoms with Crippen LogP contribution in [0.2, 0.25) is 0 Å². The molecule has 8 heteroatoms. The van der Waals surface area contributed by atoms with Crippen LogP contribution in [0.4, 0.5) is 13.2 Å². The Labute approximate surface area is 114 Å². The number of nitrogens with zero attached hydrogens (tertiary/aromatic N) is 1. The number of hydrogen-bond donors (Lipinski definition) is 0. The van der Waals surface area contributed by atoms with Gasteiger partial charge >= 0.3 is 6.18 Å². The minimum atomic E-state index is -4.32. The van der Waals surface area contributed by atoms with E-state index in [1.807, 2.05) is 6.07 Å². The summed E-state index contributed by atoms with van der Waals surface area (Å²) in [5, 5.41) is 8.67. The Hall–Kier alpha value is -1.59. The van der Waals surface area contributed by atoms with E-state index in [4.69, 9.17) is 5.26 Å². The zero-order valence-electron chi connectivity index (χ0n) is 10.4. The maximum absolute atomic E-state index is 11.8. The van der Waals surface area contributed by atoms with Gasteiger partial charge in [-0.2, -0.15) is 18.4 Å². The van der Waals surface area contributed by atoms with Crippen LogP contribution >= 0.6 is 0 Å². The molecule has 0 fully saturated rings. The van der Waals surface area contributed by atoms with Gasteiger partial charge in [0.15, 0.2) is 9.84 Å². The molecule has 0 saturated heterocycles. The summed E-state index contributed by atoms with van der Waals surface area (Å²) in [6.45, 7) is -0.896. The average Bonchev–Trinajstić information content (AvgIpc) is 2.37. The van der Waals surface area contributed by atoms with Gasteiger partial charge < -0.3 is 4.74 Å². The number of hydrogen-bond acceptors (Lipinski definition) is 4. The second-order valence-electron chi connectivity index (χ2n) is 3.94. The summed E-state index contributed by atoms with van der Waals surface area (Å²) in [5.41, 5.74) is 0.198. The van der Waals surface area contributed by atoms with Gasteiger partial charge in [0, 0.05) is 0 Å². The summed E-state index contributed by atoms with van der Waals surface area (Å²) in [4.78, 5) is -0.0454. The molecule has 1 rings (SSSR count). The Bertz CT molecular complexity index is 591. The lowest BCUT2D eigenvalue weighted by Crippen LogP contribution is -2.16. The van der Waals surface area contributed by atoms with Gasteiger partial charge in [-0.3, -0.25) is 0 Å². The molecule has 0 aromatic heterocycles. The lowest BCUT2D eigenvalue weighted by atomic mass is 10.2.